The van der Waals surface area contributed by atoms with Gasteiger partial charge in [0.1, 0.15) is 11.5 Å². The third-order valence-electron chi connectivity index (χ3n) is 9.50. The molecule has 5 N–H and O–H groups in total. The van der Waals surface area contributed by atoms with Crippen LogP contribution in [0.1, 0.15) is 47.2 Å². The Kier molecular flexibility index (Phi) is 5.06. The lowest BCUT2D eigenvalue weighted by atomic mass is 9.49. The summed E-state index contributed by atoms with van der Waals surface area (Å²) in [5, 5.41) is 47.2. The Labute approximate surface area is 224 Å². The predicted molar refractivity (Wildman–Crippen MR) is 138 cm³/mol. The summed E-state index contributed by atoms with van der Waals surface area (Å²) in [4.78, 5) is 27.9. The van der Waals surface area contributed by atoms with Crippen molar-refractivity contribution in [3.05, 3.63) is 58.4 Å². The molecule has 2 aromatic carbocycles. The number of hydrogen-bond acceptors (Lipinski definition) is 8. The molecule has 2 heterocycles. The minimum atomic E-state index is -1.45. The number of carboxylic acids is 1. The molecule has 0 unspecified atom stereocenters. The third kappa shape index (κ3) is 3.21. The summed E-state index contributed by atoms with van der Waals surface area (Å²) in [7, 11) is 1.41. The van der Waals surface area contributed by atoms with Crippen LogP contribution in [0.4, 0.5) is 5.69 Å². The van der Waals surface area contributed by atoms with Crippen molar-refractivity contribution in [2.45, 2.75) is 55.3 Å². The number of carbonyl (C=O) groups is 2. The average molecular weight is 535 g/mol. The van der Waals surface area contributed by atoms with Crippen LogP contribution in [-0.4, -0.2) is 75.1 Å². The number of hydrogen-bond donors (Lipinski definition) is 5. The Morgan fingerprint density at radius 3 is 2.72 bits per heavy atom. The molecule has 1 saturated carbocycles. The number of carbonyl (C=O) groups excluding carboxylic acids is 1. The maximum absolute atomic E-state index is 13.7. The first kappa shape index (κ1) is 24.3. The summed E-state index contributed by atoms with van der Waals surface area (Å²) < 4.78 is 11.3. The Morgan fingerprint density at radius 2 is 2.00 bits per heavy atom. The van der Waals surface area contributed by atoms with Crippen LogP contribution in [0.25, 0.3) is 0 Å². The minimum Gasteiger partial charge on any atom is -0.508 e. The molecule has 2 bridgehead atoms. The summed E-state index contributed by atoms with van der Waals surface area (Å²) >= 11 is 0. The SMILES string of the molecule is COc1ccc(NC(=O)C2=C(O)[C@@H]3Oc4c(O)ccc5c4[C@@]34CCN(CC3CC3)[C@H](C5)[C@]4(O)C2)c(C(=O)O)c1. The number of anilines is 1. The fourth-order valence-electron chi connectivity index (χ4n) is 7.50. The summed E-state index contributed by atoms with van der Waals surface area (Å²) in [6.07, 6.45) is 2.16. The van der Waals surface area contributed by atoms with Gasteiger partial charge in [0.15, 0.2) is 17.6 Å². The van der Waals surface area contributed by atoms with Crippen LogP contribution in [-0.2, 0) is 16.6 Å². The van der Waals surface area contributed by atoms with Gasteiger partial charge in [0.25, 0.3) is 5.91 Å². The number of phenols is 1. The molecule has 4 atom stereocenters. The lowest BCUT2D eigenvalue weighted by Crippen LogP contribution is -2.75. The van der Waals surface area contributed by atoms with E-state index in [-0.39, 0.29) is 46.5 Å². The smallest absolute Gasteiger partial charge is 0.337 e. The molecule has 3 aliphatic carbocycles. The van der Waals surface area contributed by atoms with Crippen molar-refractivity contribution in [3.8, 4) is 17.2 Å². The van der Waals surface area contributed by atoms with Crippen molar-refractivity contribution < 1.29 is 39.5 Å². The number of aromatic hydroxyl groups is 1. The summed E-state index contributed by atoms with van der Waals surface area (Å²) in [5.74, 6) is -1.18. The van der Waals surface area contributed by atoms with E-state index in [0.29, 0.717) is 31.1 Å². The number of methoxy groups -OCH3 is 1. The van der Waals surface area contributed by atoms with Crippen molar-refractivity contribution in [2.24, 2.45) is 5.92 Å². The maximum Gasteiger partial charge on any atom is 0.337 e. The van der Waals surface area contributed by atoms with Crippen LogP contribution in [0.5, 0.6) is 17.2 Å². The zero-order chi connectivity index (χ0) is 27.3. The number of carboxylic acid groups (broad SMARTS) is 1. The number of ether oxygens (including phenoxy) is 2. The molecule has 2 aliphatic heterocycles. The molecule has 7 rings (SSSR count). The molecular weight excluding hydrogens is 504 g/mol. The fourth-order valence-corrected chi connectivity index (χ4v) is 7.50. The van der Waals surface area contributed by atoms with Gasteiger partial charge in [0.05, 0.1) is 34.9 Å². The number of amides is 1. The normalized spacial score (nSPS) is 30.4. The van der Waals surface area contributed by atoms with Gasteiger partial charge in [-0.1, -0.05) is 6.07 Å². The van der Waals surface area contributed by atoms with Crippen molar-refractivity contribution in [2.75, 3.05) is 25.5 Å². The van der Waals surface area contributed by atoms with Crippen LogP contribution in [0.15, 0.2) is 41.7 Å². The second-order valence-corrected chi connectivity index (χ2v) is 11.5. The van der Waals surface area contributed by atoms with Gasteiger partial charge in [-0.3, -0.25) is 9.69 Å². The van der Waals surface area contributed by atoms with Crippen LogP contribution in [0, 0.1) is 5.92 Å². The topological polar surface area (TPSA) is 149 Å². The lowest BCUT2D eigenvalue weighted by molar-refractivity contribution is -0.172. The van der Waals surface area contributed by atoms with Crippen LogP contribution in [0.2, 0.25) is 0 Å². The first-order chi connectivity index (χ1) is 18.7. The molecule has 1 saturated heterocycles. The third-order valence-corrected chi connectivity index (χ3v) is 9.50. The molecule has 204 valence electrons. The number of aliphatic hydroxyl groups excluding tert-OH is 1. The quantitative estimate of drug-likeness (QED) is 0.377. The number of piperidine rings is 1. The Hall–Kier alpha value is -3.76. The molecule has 2 fully saturated rings. The monoisotopic (exact) mass is 534 g/mol. The molecule has 10 heteroatoms. The van der Waals surface area contributed by atoms with E-state index in [0.717, 1.165) is 30.5 Å². The van der Waals surface area contributed by atoms with Crippen LogP contribution >= 0.6 is 0 Å². The Bertz CT molecular complexity index is 1470. The predicted octanol–water partition coefficient (Wildman–Crippen LogP) is 2.72. The number of aromatic carboxylic acids is 1. The van der Waals surface area contributed by atoms with Crippen LogP contribution < -0.4 is 14.8 Å². The first-order valence-electron chi connectivity index (χ1n) is 13.3. The van der Waals surface area contributed by atoms with E-state index >= 15 is 0 Å². The van der Waals surface area contributed by atoms with Gasteiger partial charge >= 0.3 is 5.97 Å². The van der Waals surface area contributed by atoms with E-state index in [1.54, 1.807) is 6.07 Å². The second kappa shape index (κ2) is 8.12. The first-order valence-corrected chi connectivity index (χ1v) is 13.3. The van der Waals surface area contributed by atoms with Crippen molar-refractivity contribution in [1.29, 1.82) is 0 Å². The second-order valence-electron chi connectivity index (χ2n) is 11.5. The summed E-state index contributed by atoms with van der Waals surface area (Å²) in [5.41, 5.74) is -0.949. The number of benzene rings is 2. The molecule has 2 aromatic rings. The Balaban J connectivity index is 1.33. The van der Waals surface area contributed by atoms with Gasteiger partial charge in [-0.2, -0.15) is 0 Å². The van der Waals surface area contributed by atoms with Gasteiger partial charge in [0, 0.05) is 24.6 Å². The summed E-state index contributed by atoms with van der Waals surface area (Å²) in [6, 6.07) is 7.40. The molecule has 1 amide bonds. The van der Waals surface area contributed by atoms with E-state index in [4.69, 9.17) is 9.47 Å². The summed E-state index contributed by atoms with van der Waals surface area (Å²) in [6.45, 7) is 1.57. The Morgan fingerprint density at radius 1 is 1.21 bits per heavy atom. The number of likely N-dealkylation sites (tertiary alicyclic amines) is 1. The standard InChI is InChI=1S/C29H30N2O8/c1-38-16-5-6-19(17(11-16)27(35)36)30-26(34)18-12-29(37)21-10-15-4-7-20(32)24-22(15)28(29,25(39-24)23(18)33)8-9-31(21)13-14-2-3-14/h4-7,11,14,21,25,32-33,37H,2-3,8-10,12-13H2,1H3,(H,30,34)(H,35,36)/t21-,25+,28+,29-/m1/s1. The van der Waals surface area contributed by atoms with Gasteiger partial charge < -0.3 is 35.2 Å². The average Bonchev–Trinajstić information content (AvgIpc) is 3.65. The zero-order valence-corrected chi connectivity index (χ0v) is 21.4. The molecule has 0 aromatic heterocycles. The maximum atomic E-state index is 13.7. The minimum absolute atomic E-state index is 0.0376. The highest BCUT2D eigenvalue weighted by atomic mass is 16.5. The van der Waals surface area contributed by atoms with Gasteiger partial charge in [0.2, 0.25) is 0 Å². The van der Waals surface area contributed by atoms with E-state index in [2.05, 4.69) is 10.2 Å². The zero-order valence-electron chi connectivity index (χ0n) is 21.4. The van der Waals surface area contributed by atoms with Crippen LogP contribution in [0.3, 0.4) is 0 Å². The van der Waals surface area contributed by atoms with Gasteiger partial charge in [-0.25, -0.2) is 4.79 Å². The molecular formula is C29H30N2O8. The number of aliphatic hydroxyl groups is 2. The fraction of sp³-hybridized carbons (Fsp3) is 0.448. The number of nitrogens with zero attached hydrogens (tertiary/aromatic N) is 1. The van der Waals surface area contributed by atoms with E-state index in [1.165, 1.54) is 25.3 Å². The van der Waals surface area contributed by atoms with Gasteiger partial charge in [-0.15, -0.1) is 0 Å². The van der Waals surface area contributed by atoms with E-state index in [9.17, 15) is 30.0 Å². The number of phenolic OH excluding ortho intramolecular Hbond substituents is 1. The number of rotatable bonds is 6. The van der Waals surface area contributed by atoms with Crippen molar-refractivity contribution in [1.82, 2.24) is 4.90 Å². The number of nitrogens with one attached hydrogen (secondary N) is 1. The van der Waals surface area contributed by atoms with E-state index < -0.39 is 29.0 Å². The van der Waals surface area contributed by atoms with Crippen molar-refractivity contribution in [3.63, 3.8) is 0 Å². The highest BCUT2D eigenvalue weighted by molar-refractivity contribution is 6.08. The highest BCUT2D eigenvalue weighted by Gasteiger charge is 2.73. The largest absolute Gasteiger partial charge is 0.508 e. The molecule has 5 aliphatic rings. The molecule has 0 radical (unpaired) electrons. The molecule has 10 nitrogen and oxygen atoms in total. The van der Waals surface area contributed by atoms with Gasteiger partial charge in [-0.05, 0) is 68.0 Å². The van der Waals surface area contributed by atoms with E-state index in [1.807, 2.05) is 6.07 Å². The molecule has 1 spiro atoms. The lowest BCUT2D eigenvalue weighted by Gasteiger charge is -2.62. The molecule has 39 heavy (non-hydrogen) atoms. The van der Waals surface area contributed by atoms with Crippen molar-refractivity contribution >= 4 is 17.6 Å². The highest BCUT2D eigenvalue weighted by Crippen LogP contribution is 2.66.